The minimum atomic E-state index is -0.0181. The average Bonchev–Trinajstić information content (AvgIpc) is 3.25. The normalized spacial score (nSPS) is 20.4. The number of nitrogens with zero attached hydrogens (tertiary/aromatic N) is 3. The summed E-state index contributed by atoms with van der Waals surface area (Å²) < 4.78 is 16.3. The number of aryl methyl sites for hydroxylation is 1. The zero-order valence-electron chi connectivity index (χ0n) is 12.1. The summed E-state index contributed by atoms with van der Waals surface area (Å²) in [7, 11) is 0. The van der Waals surface area contributed by atoms with E-state index in [1.165, 1.54) is 11.3 Å². The predicted octanol–water partition coefficient (Wildman–Crippen LogP) is 1.84. The number of carbonyl (C=O) groups excluding carboxylic acids is 1. The van der Waals surface area contributed by atoms with Gasteiger partial charge < -0.3 is 18.9 Å². The maximum Gasteiger partial charge on any atom is 0.267 e. The molecule has 2 aliphatic heterocycles. The Kier molecular flexibility index (Phi) is 3.25. The van der Waals surface area contributed by atoms with E-state index in [-0.39, 0.29) is 11.8 Å². The van der Waals surface area contributed by atoms with Gasteiger partial charge >= 0.3 is 0 Å². The van der Waals surface area contributed by atoms with Gasteiger partial charge in [0.15, 0.2) is 17.3 Å². The Morgan fingerprint density at radius 1 is 1.41 bits per heavy atom. The van der Waals surface area contributed by atoms with Crippen molar-refractivity contribution in [2.45, 2.75) is 19.3 Å². The number of likely N-dealkylation sites (tertiary alicyclic amines) is 1. The van der Waals surface area contributed by atoms with Gasteiger partial charge in [-0.05, 0) is 13.3 Å². The summed E-state index contributed by atoms with van der Waals surface area (Å²) in [4.78, 5) is 19.4. The molecule has 2 aliphatic rings. The van der Waals surface area contributed by atoms with Gasteiger partial charge in [0, 0.05) is 18.5 Å². The molecule has 0 spiro atoms. The zero-order chi connectivity index (χ0) is 15.1. The van der Waals surface area contributed by atoms with Crippen molar-refractivity contribution >= 4 is 17.2 Å². The predicted molar refractivity (Wildman–Crippen MR) is 77.6 cm³/mol. The number of aromatic nitrogens is 2. The molecule has 1 fully saturated rings. The smallest absolute Gasteiger partial charge is 0.267 e. The molecule has 0 saturated carbocycles. The zero-order valence-corrected chi connectivity index (χ0v) is 12.9. The Hall–Kier alpha value is -2.09. The third kappa shape index (κ3) is 2.23. The summed E-state index contributed by atoms with van der Waals surface area (Å²) >= 11 is 1.37. The fraction of sp³-hybridized carbons (Fsp3) is 0.500. The molecular weight excluding hydrogens is 306 g/mol. The third-order valence-electron chi connectivity index (χ3n) is 3.86. The van der Waals surface area contributed by atoms with Gasteiger partial charge in [0.1, 0.15) is 18.1 Å². The van der Waals surface area contributed by atoms with E-state index in [0.717, 1.165) is 6.42 Å². The Labute approximate surface area is 130 Å². The fourth-order valence-corrected chi connectivity index (χ4v) is 3.68. The molecule has 0 bridgehead atoms. The van der Waals surface area contributed by atoms with E-state index in [0.29, 0.717) is 54.4 Å². The second-order valence-corrected chi connectivity index (χ2v) is 6.25. The quantitative estimate of drug-likeness (QED) is 0.840. The van der Waals surface area contributed by atoms with Crippen LogP contribution >= 0.6 is 11.3 Å². The van der Waals surface area contributed by atoms with Gasteiger partial charge in [0.2, 0.25) is 5.89 Å². The van der Waals surface area contributed by atoms with Crippen LogP contribution in [0, 0.1) is 6.92 Å². The molecule has 7 nitrogen and oxygen atoms in total. The first kappa shape index (κ1) is 13.6. The van der Waals surface area contributed by atoms with Gasteiger partial charge in [0.25, 0.3) is 5.91 Å². The van der Waals surface area contributed by atoms with Crippen molar-refractivity contribution in [2.24, 2.45) is 0 Å². The van der Waals surface area contributed by atoms with Gasteiger partial charge in [-0.15, -0.1) is 11.3 Å². The summed E-state index contributed by atoms with van der Waals surface area (Å²) in [6.07, 6.45) is 0.832. The molecule has 1 amide bonds. The van der Waals surface area contributed by atoms with Crippen molar-refractivity contribution in [3.05, 3.63) is 22.0 Å². The molecule has 4 heterocycles. The molecule has 22 heavy (non-hydrogen) atoms. The highest BCUT2D eigenvalue weighted by molar-refractivity contribution is 7.12. The first-order chi connectivity index (χ1) is 10.7. The van der Waals surface area contributed by atoms with E-state index < -0.39 is 0 Å². The van der Waals surface area contributed by atoms with E-state index in [2.05, 4.69) is 10.1 Å². The highest BCUT2D eigenvalue weighted by Gasteiger charge is 2.34. The maximum absolute atomic E-state index is 12.7. The topological polar surface area (TPSA) is 77.7 Å². The lowest BCUT2D eigenvalue weighted by atomic mass is 10.1. The SMILES string of the molecule is Cc1noc([C@@H]2CCN(C(=O)c3scc4c3OCCO4)C2)n1. The van der Waals surface area contributed by atoms with Crippen LogP contribution in [0.1, 0.15) is 33.7 Å². The van der Waals surface area contributed by atoms with Crippen molar-refractivity contribution in [1.29, 1.82) is 0 Å². The molecule has 1 atom stereocenters. The molecule has 0 unspecified atom stereocenters. The van der Waals surface area contributed by atoms with Crippen molar-refractivity contribution < 1.29 is 18.8 Å². The number of hydrogen-bond donors (Lipinski definition) is 0. The van der Waals surface area contributed by atoms with Crippen LogP contribution < -0.4 is 9.47 Å². The lowest BCUT2D eigenvalue weighted by Gasteiger charge is -2.18. The summed E-state index contributed by atoms with van der Waals surface area (Å²) in [6.45, 7) is 4.07. The second-order valence-electron chi connectivity index (χ2n) is 5.37. The van der Waals surface area contributed by atoms with Crippen molar-refractivity contribution in [2.75, 3.05) is 26.3 Å². The standard InChI is InChI=1S/C14H15N3O4S/c1-8-15-13(21-16-8)9-2-3-17(6-9)14(18)12-11-10(7-22-12)19-4-5-20-11/h7,9H,2-6H2,1H3/t9-/m1/s1. The lowest BCUT2D eigenvalue weighted by molar-refractivity contribution is 0.0785. The van der Waals surface area contributed by atoms with E-state index >= 15 is 0 Å². The summed E-state index contributed by atoms with van der Waals surface area (Å²) in [6, 6.07) is 0. The van der Waals surface area contributed by atoms with Gasteiger partial charge in [-0.2, -0.15) is 4.98 Å². The van der Waals surface area contributed by atoms with E-state index in [9.17, 15) is 4.79 Å². The molecule has 0 aliphatic carbocycles. The summed E-state index contributed by atoms with van der Waals surface area (Å²) in [5.41, 5.74) is 0. The molecule has 1 saturated heterocycles. The molecule has 116 valence electrons. The monoisotopic (exact) mass is 321 g/mol. The van der Waals surface area contributed by atoms with Gasteiger partial charge in [-0.25, -0.2) is 0 Å². The Bertz CT molecular complexity index is 711. The van der Waals surface area contributed by atoms with E-state index in [1.54, 1.807) is 6.92 Å². The van der Waals surface area contributed by atoms with Crippen LogP contribution in [-0.4, -0.2) is 47.3 Å². The first-order valence-electron chi connectivity index (χ1n) is 7.19. The Morgan fingerprint density at radius 3 is 3.09 bits per heavy atom. The Balaban J connectivity index is 1.51. The third-order valence-corrected chi connectivity index (χ3v) is 4.79. The molecular formula is C14H15N3O4S. The number of ether oxygens (including phenoxy) is 2. The molecule has 4 rings (SSSR count). The van der Waals surface area contributed by atoms with Crippen LogP contribution in [0.2, 0.25) is 0 Å². The minimum absolute atomic E-state index is 0.0181. The van der Waals surface area contributed by atoms with Gasteiger partial charge in [-0.1, -0.05) is 5.16 Å². The molecule has 0 radical (unpaired) electrons. The number of thiophene rings is 1. The van der Waals surface area contributed by atoms with Crippen LogP contribution in [0.25, 0.3) is 0 Å². The number of carbonyl (C=O) groups is 1. The number of rotatable bonds is 2. The molecule has 0 N–H and O–H groups in total. The van der Waals surface area contributed by atoms with Gasteiger partial charge in [-0.3, -0.25) is 4.79 Å². The molecule has 0 aromatic carbocycles. The largest absolute Gasteiger partial charge is 0.485 e. The van der Waals surface area contributed by atoms with Crippen LogP contribution in [0.5, 0.6) is 11.5 Å². The second kappa shape index (κ2) is 5.28. The average molecular weight is 321 g/mol. The van der Waals surface area contributed by atoms with E-state index in [1.807, 2.05) is 10.3 Å². The molecule has 8 heteroatoms. The van der Waals surface area contributed by atoms with E-state index in [4.69, 9.17) is 14.0 Å². The Morgan fingerprint density at radius 2 is 2.27 bits per heavy atom. The first-order valence-corrected chi connectivity index (χ1v) is 8.07. The number of fused-ring (bicyclic) bond motifs is 1. The van der Waals surface area contributed by atoms with Gasteiger partial charge in [0.05, 0.1) is 5.92 Å². The highest BCUT2D eigenvalue weighted by atomic mass is 32.1. The fourth-order valence-electron chi connectivity index (χ4n) is 2.78. The summed E-state index contributed by atoms with van der Waals surface area (Å²) in [5, 5.41) is 5.64. The summed E-state index contributed by atoms with van der Waals surface area (Å²) in [5.74, 6) is 2.58. The number of amides is 1. The molecule has 2 aromatic rings. The van der Waals surface area contributed by atoms with Crippen LogP contribution in [0.15, 0.2) is 9.90 Å². The highest BCUT2D eigenvalue weighted by Crippen LogP contribution is 2.40. The lowest BCUT2D eigenvalue weighted by Crippen LogP contribution is -2.28. The number of hydrogen-bond acceptors (Lipinski definition) is 7. The minimum Gasteiger partial charge on any atom is -0.485 e. The van der Waals surface area contributed by atoms with Crippen LogP contribution in [0.3, 0.4) is 0 Å². The maximum atomic E-state index is 12.7. The van der Waals surface area contributed by atoms with Crippen molar-refractivity contribution in [3.63, 3.8) is 0 Å². The van der Waals surface area contributed by atoms with Crippen LogP contribution in [-0.2, 0) is 0 Å². The van der Waals surface area contributed by atoms with Crippen molar-refractivity contribution in [3.8, 4) is 11.5 Å². The van der Waals surface area contributed by atoms with Crippen LogP contribution in [0.4, 0.5) is 0 Å². The molecule has 2 aromatic heterocycles. The van der Waals surface area contributed by atoms with Crippen molar-refractivity contribution in [1.82, 2.24) is 15.0 Å².